The zero-order valence-electron chi connectivity index (χ0n) is 20.2. The van der Waals surface area contributed by atoms with E-state index in [2.05, 4.69) is 58.2 Å². The van der Waals surface area contributed by atoms with Crippen molar-refractivity contribution >= 4 is 28.8 Å². The lowest BCUT2D eigenvalue weighted by molar-refractivity contribution is 0.0954. The SMILES string of the molecule is Cc1cccc(CSc2nc3cccnc3n2Cc2ccc(C(=O)NCCc3ccccc3)cc2)c1. The number of thioether (sulfide) groups is 1. The Morgan fingerprint density at radius 3 is 2.50 bits per heavy atom. The Balaban J connectivity index is 1.27. The zero-order chi connectivity index (χ0) is 24.7. The van der Waals surface area contributed by atoms with E-state index in [-0.39, 0.29) is 5.91 Å². The van der Waals surface area contributed by atoms with Crippen LogP contribution < -0.4 is 5.32 Å². The highest BCUT2D eigenvalue weighted by molar-refractivity contribution is 7.98. The Morgan fingerprint density at radius 2 is 1.69 bits per heavy atom. The van der Waals surface area contributed by atoms with E-state index in [4.69, 9.17) is 4.98 Å². The second kappa shape index (κ2) is 11.2. The van der Waals surface area contributed by atoms with E-state index in [0.29, 0.717) is 18.7 Å². The summed E-state index contributed by atoms with van der Waals surface area (Å²) in [6.07, 6.45) is 2.62. The molecule has 0 saturated heterocycles. The van der Waals surface area contributed by atoms with E-state index in [0.717, 1.165) is 34.1 Å². The van der Waals surface area contributed by atoms with Crippen molar-refractivity contribution in [1.29, 1.82) is 0 Å². The van der Waals surface area contributed by atoms with Gasteiger partial charge in [0.05, 0.1) is 6.54 Å². The minimum absolute atomic E-state index is 0.0540. The van der Waals surface area contributed by atoms with Crippen molar-refractivity contribution in [2.24, 2.45) is 0 Å². The molecule has 1 amide bonds. The smallest absolute Gasteiger partial charge is 0.251 e. The highest BCUT2D eigenvalue weighted by Gasteiger charge is 2.14. The number of aryl methyl sites for hydroxylation is 1. The highest BCUT2D eigenvalue weighted by Crippen LogP contribution is 2.27. The van der Waals surface area contributed by atoms with Gasteiger partial charge in [0.1, 0.15) is 5.52 Å². The summed E-state index contributed by atoms with van der Waals surface area (Å²) in [4.78, 5) is 22.0. The van der Waals surface area contributed by atoms with Crippen molar-refractivity contribution in [2.45, 2.75) is 30.8 Å². The number of carbonyl (C=O) groups excluding carboxylic acids is 1. The Bertz CT molecular complexity index is 1460. The van der Waals surface area contributed by atoms with Crippen LogP contribution in [0.4, 0.5) is 0 Å². The molecular weight excluding hydrogens is 464 g/mol. The van der Waals surface area contributed by atoms with E-state index >= 15 is 0 Å². The highest BCUT2D eigenvalue weighted by atomic mass is 32.2. The van der Waals surface area contributed by atoms with Gasteiger partial charge in [-0.1, -0.05) is 84.1 Å². The van der Waals surface area contributed by atoms with Gasteiger partial charge in [-0.05, 0) is 54.3 Å². The minimum Gasteiger partial charge on any atom is -0.352 e. The molecule has 0 spiro atoms. The lowest BCUT2D eigenvalue weighted by Gasteiger charge is -2.10. The quantitative estimate of drug-likeness (QED) is 0.254. The molecule has 0 saturated carbocycles. The van der Waals surface area contributed by atoms with Crippen molar-refractivity contribution < 1.29 is 4.79 Å². The van der Waals surface area contributed by atoms with Gasteiger partial charge in [0.2, 0.25) is 0 Å². The van der Waals surface area contributed by atoms with Gasteiger partial charge in [0.15, 0.2) is 10.8 Å². The molecule has 0 bridgehead atoms. The molecule has 0 aliphatic carbocycles. The molecule has 0 aliphatic rings. The van der Waals surface area contributed by atoms with Crippen LogP contribution in [0.3, 0.4) is 0 Å². The molecule has 5 aromatic rings. The molecule has 5 rings (SSSR count). The summed E-state index contributed by atoms with van der Waals surface area (Å²) in [7, 11) is 0. The van der Waals surface area contributed by atoms with Gasteiger partial charge in [-0.2, -0.15) is 0 Å². The Labute approximate surface area is 215 Å². The number of nitrogens with one attached hydrogen (secondary N) is 1. The summed E-state index contributed by atoms with van der Waals surface area (Å²) in [5.74, 6) is 0.786. The van der Waals surface area contributed by atoms with Gasteiger partial charge in [0.25, 0.3) is 5.91 Å². The molecule has 180 valence electrons. The number of fused-ring (bicyclic) bond motifs is 1. The molecule has 2 aromatic heterocycles. The van der Waals surface area contributed by atoms with Crippen LogP contribution in [0.25, 0.3) is 11.2 Å². The third-order valence-electron chi connectivity index (χ3n) is 6.02. The van der Waals surface area contributed by atoms with Gasteiger partial charge in [0, 0.05) is 24.1 Å². The third-order valence-corrected chi connectivity index (χ3v) is 7.07. The lowest BCUT2D eigenvalue weighted by atomic mass is 10.1. The van der Waals surface area contributed by atoms with Crippen molar-refractivity contribution in [3.05, 3.63) is 125 Å². The molecule has 0 fully saturated rings. The molecule has 0 radical (unpaired) electrons. The maximum absolute atomic E-state index is 12.6. The van der Waals surface area contributed by atoms with Crippen LogP contribution in [0, 0.1) is 6.92 Å². The predicted molar refractivity (Wildman–Crippen MR) is 146 cm³/mol. The number of rotatable bonds is 9. The van der Waals surface area contributed by atoms with Crippen LogP contribution in [0.5, 0.6) is 0 Å². The number of nitrogens with zero attached hydrogens (tertiary/aromatic N) is 3. The second-order valence-corrected chi connectivity index (χ2v) is 9.74. The van der Waals surface area contributed by atoms with Gasteiger partial charge in [-0.15, -0.1) is 0 Å². The number of amides is 1. The van der Waals surface area contributed by atoms with Crippen molar-refractivity contribution in [1.82, 2.24) is 19.9 Å². The standard InChI is InChI=1S/C30H28N4OS/c1-22-7-5-10-25(19-22)21-36-30-33-27-11-6-17-31-28(27)34(30)20-24-12-14-26(15-13-24)29(35)32-18-16-23-8-3-2-4-9-23/h2-15,17,19H,16,18,20-21H2,1H3,(H,32,35). The Hall–Kier alpha value is -3.90. The van der Waals surface area contributed by atoms with Crippen LogP contribution in [0.15, 0.2) is 102 Å². The number of hydrogen-bond acceptors (Lipinski definition) is 4. The molecule has 5 nitrogen and oxygen atoms in total. The van der Waals surface area contributed by atoms with E-state index in [1.165, 1.54) is 16.7 Å². The molecule has 36 heavy (non-hydrogen) atoms. The van der Waals surface area contributed by atoms with Crippen molar-refractivity contribution in [2.75, 3.05) is 6.54 Å². The van der Waals surface area contributed by atoms with Crippen LogP contribution >= 0.6 is 11.8 Å². The molecule has 1 N–H and O–H groups in total. The number of aromatic nitrogens is 3. The number of carbonyl (C=O) groups is 1. The first-order chi connectivity index (χ1) is 17.7. The summed E-state index contributed by atoms with van der Waals surface area (Å²) in [5, 5.41) is 3.95. The molecular formula is C30H28N4OS. The van der Waals surface area contributed by atoms with Crippen molar-refractivity contribution in [3.8, 4) is 0 Å². The van der Waals surface area contributed by atoms with Gasteiger partial charge >= 0.3 is 0 Å². The summed E-state index contributed by atoms with van der Waals surface area (Å²) < 4.78 is 2.16. The summed E-state index contributed by atoms with van der Waals surface area (Å²) in [6.45, 7) is 3.36. The maximum atomic E-state index is 12.6. The number of hydrogen-bond donors (Lipinski definition) is 1. The van der Waals surface area contributed by atoms with Gasteiger partial charge in [-0.3, -0.25) is 9.36 Å². The Kier molecular flexibility index (Phi) is 7.43. The predicted octanol–water partition coefficient (Wildman–Crippen LogP) is 6.05. The van der Waals surface area contributed by atoms with E-state index < -0.39 is 0 Å². The molecule has 0 atom stereocenters. The fourth-order valence-corrected chi connectivity index (χ4v) is 5.10. The maximum Gasteiger partial charge on any atom is 0.251 e. The largest absolute Gasteiger partial charge is 0.352 e. The summed E-state index contributed by atoms with van der Waals surface area (Å²) in [5.41, 5.74) is 7.25. The summed E-state index contributed by atoms with van der Waals surface area (Å²) >= 11 is 1.72. The Morgan fingerprint density at radius 1 is 0.889 bits per heavy atom. The molecule has 3 aromatic carbocycles. The first kappa shape index (κ1) is 23.8. The van der Waals surface area contributed by atoms with Crippen LogP contribution in [-0.2, 0) is 18.7 Å². The van der Waals surface area contributed by atoms with E-state index in [1.807, 2.05) is 54.6 Å². The molecule has 6 heteroatoms. The number of imidazole rings is 1. The van der Waals surface area contributed by atoms with E-state index in [1.54, 1.807) is 18.0 Å². The minimum atomic E-state index is -0.0540. The average molecular weight is 493 g/mol. The lowest BCUT2D eigenvalue weighted by Crippen LogP contribution is -2.25. The van der Waals surface area contributed by atoms with E-state index in [9.17, 15) is 4.79 Å². The van der Waals surface area contributed by atoms with Gasteiger partial charge < -0.3 is 5.32 Å². The monoisotopic (exact) mass is 492 g/mol. The molecule has 0 aliphatic heterocycles. The third kappa shape index (κ3) is 5.83. The molecule has 2 heterocycles. The fraction of sp³-hybridized carbons (Fsp3) is 0.167. The van der Waals surface area contributed by atoms with Gasteiger partial charge in [-0.25, -0.2) is 9.97 Å². The van der Waals surface area contributed by atoms with Crippen molar-refractivity contribution in [3.63, 3.8) is 0 Å². The first-order valence-electron chi connectivity index (χ1n) is 12.1. The number of benzene rings is 3. The zero-order valence-corrected chi connectivity index (χ0v) is 21.0. The molecule has 0 unspecified atom stereocenters. The second-order valence-electron chi connectivity index (χ2n) is 8.79. The topological polar surface area (TPSA) is 59.8 Å². The first-order valence-corrected chi connectivity index (χ1v) is 13.0. The van der Waals surface area contributed by atoms with Crippen LogP contribution in [-0.4, -0.2) is 27.0 Å². The number of pyridine rings is 1. The average Bonchev–Trinajstić information content (AvgIpc) is 3.25. The fourth-order valence-electron chi connectivity index (χ4n) is 4.15. The normalized spacial score (nSPS) is 11.0. The summed E-state index contributed by atoms with van der Waals surface area (Å²) in [6, 6.07) is 30.4. The van der Waals surface area contributed by atoms with Crippen LogP contribution in [0.1, 0.15) is 32.6 Å². The van der Waals surface area contributed by atoms with Crippen LogP contribution in [0.2, 0.25) is 0 Å².